The maximum atomic E-state index is 13.4. The first kappa shape index (κ1) is 29.0. The Morgan fingerprint density at radius 1 is 0.929 bits per heavy atom. The van der Waals surface area contributed by atoms with Crippen LogP contribution in [0.5, 0.6) is 5.75 Å². The zero-order chi connectivity index (χ0) is 30.1. The van der Waals surface area contributed by atoms with Gasteiger partial charge in [0.05, 0.1) is 5.56 Å². The van der Waals surface area contributed by atoms with Crippen molar-refractivity contribution in [3.63, 3.8) is 0 Å². The number of benzene rings is 1. The number of nitrogens with zero attached hydrogens (tertiary/aromatic N) is 5. The summed E-state index contributed by atoms with van der Waals surface area (Å²) in [7, 11) is 0. The summed E-state index contributed by atoms with van der Waals surface area (Å²) < 4.78 is 81.0. The second-order valence-electron chi connectivity index (χ2n) is 9.88. The molecule has 224 valence electrons. The van der Waals surface area contributed by atoms with Gasteiger partial charge in [0.1, 0.15) is 11.6 Å². The van der Waals surface area contributed by atoms with Crippen molar-refractivity contribution in [2.45, 2.75) is 31.9 Å². The maximum absolute atomic E-state index is 13.4. The number of hydrogen-bond acceptors (Lipinski definition) is 6. The van der Waals surface area contributed by atoms with Crippen molar-refractivity contribution < 1.29 is 40.7 Å². The number of carbonyl (C=O) groups is 2. The number of urea groups is 1. The molecular weight excluding hydrogens is 572 g/mol. The maximum Gasteiger partial charge on any atom is 0.573 e. The Balaban J connectivity index is 1.20. The summed E-state index contributed by atoms with van der Waals surface area (Å²) in [5, 5.41) is 5.02. The van der Waals surface area contributed by atoms with Crippen LogP contribution < -0.4 is 20.3 Å². The molecule has 2 N–H and O–H groups in total. The Labute approximate surface area is 235 Å². The molecule has 1 saturated carbocycles. The number of pyridine rings is 1. The third-order valence-corrected chi connectivity index (χ3v) is 6.67. The van der Waals surface area contributed by atoms with Crippen molar-refractivity contribution in [3.8, 4) is 5.75 Å². The molecule has 2 fully saturated rings. The fourth-order valence-corrected chi connectivity index (χ4v) is 4.40. The van der Waals surface area contributed by atoms with Gasteiger partial charge in [-0.05, 0) is 55.2 Å². The zero-order valence-corrected chi connectivity index (χ0v) is 21.9. The largest absolute Gasteiger partial charge is 0.573 e. The highest BCUT2D eigenvalue weighted by Crippen LogP contribution is 2.32. The molecular formula is C26H25F6N7O3. The number of ether oxygens (including phenoxy) is 1. The van der Waals surface area contributed by atoms with Crippen LogP contribution in [0.4, 0.5) is 48.5 Å². The molecule has 3 aromatic rings. The van der Waals surface area contributed by atoms with Gasteiger partial charge in [0.25, 0.3) is 5.91 Å². The Morgan fingerprint density at radius 2 is 1.62 bits per heavy atom. The van der Waals surface area contributed by atoms with E-state index in [4.69, 9.17) is 0 Å². The van der Waals surface area contributed by atoms with Gasteiger partial charge < -0.3 is 24.4 Å². The van der Waals surface area contributed by atoms with Crippen LogP contribution in [-0.2, 0) is 12.7 Å². The molecule has 0 unspecified atom stereocenters. The number of nitrogens with one attached hydrogen (secondary N) is 2. The SMILES string of the molecule is O=C(Nc1ccc(OC(F)(F)F)cc1)Nc1cn(CC2CC2)c(C(=O)N2CCN(c3ccc(C(F)(F)F)cn3)CC2)n1. The predicted octanol–water partition coefficient (Wildman–Crippen LogP) is 5.21. The van der Waals surface area contributed by atoms with Gasteiger partial charge in [-0.15, -0.1) is 13.2 Å². The Morgan fingerprint density at radius 3 is 2.19 bits per heavy atom. The van der Waals surface area contributed by atoms with Crippen molar-refractivity contribution in [2.75, 3.05) is 41.7 Å². The molecule has 0 atom stereocenters. The average molecular weight is 598 g/mol. The second kappa shape index (κ2) is 11.4. The fourth-order valence-electron chi connectivity index (χ4n) is 4.40. The summed E-state index contributed by atoms with van der Waals surface area (Å²) in [6, 6.07) is 6.14. The Bertz CT molecular complexity index is 1410. The molecule has 0 bridgehead atoms. The first-order valence-corrected chi connectivity index (χ1v) is 12.9. The van der Waals surface area contributed by atoms with Gasteiger partial charge in [-0.25, -0.2) is 14.8 Å². The number of alkyl halides is 6. The lowest BCUT2D eigenvalue weighted by atomic mass is 10.2. The molecule has 3 amide bonds. The zero-order valence-electron chi connectivity index (χ0n) is 21.9. The van der Waals surface area contributed by atoms with Gasteiger partial charge in [0, 0.05) is 50.8 Å². The fraction of sp³-hybridized carbons (Fsp3) is 0.385. The van der Waals surface area contributed by atoms with Gasteiger partial charge in [-0.1, -0.05) is 0 Å². The molecule has 5 rings (SSSR count). The molecule has 3 heterocycles. The quantitative estimate of drug-likeness (QED) is 0.363. The Kier molecular flexibility index (Phi) is 7.88. The third-order valence-electron chi connectivity index (χ3n) is 6.67. The number of halogens is 6. The lowest BCUT2D eigenvalue weighted by Crippen LogP contribution is -2.49. The van der Waals surface area contributed by atoms with Crippen LogP contribution >= 0.6 is 0 Å². The Hall–Kier alpha value is -4.50. The number of rotatable bonds is 7. The van der Waals surface area contributed by atoms with Crippen molar-refractivity contribution in [3.05, 3.63) is 60.2 Å². The molecule has 2 aliphatic rings. The van der Waals surface area contributed by atoms with E-state index in [1.54, 1.807) is 20.6 Å². The van der Waals surface area contributed by atoms with Crippen LogP contribution in [0.3, 0.4) is 0 Å². The lowest BCUT2D eigenvalue weighted by molar-refractivity contribution is -0.274. The van der Waals surface area contributed by atoms with E-state index in [9.17, 15) is 35.9 Å². The summed E-state index contributed by atoms with van der Waals surface area (Å²) in [5.74, 6) is 0.210. The van der Waals surface area contributed by atoms with E-state index in [1.807, 2.05) is 0 Å². The first-order valence-electron chi connectivity index (χ1n) is 12.9. The predicted molar refractivity (Wildman–Crippen MR) is 138 cm³/mol. The molecule has 0 spiro atoms. The number of aromatic nitrogens is 3. The molecule has 1 aliphatic heterocycles. The standard InChI is InChI=1S/C26H25F6N7O3/c27-25(28,29)17-3-8-21(33-13-17)37-9-11-38(12-10-37)23(40)22-35-20(15-39(22)14-16-1-2-16)36-24(41)34-18-4-6-19(7-5-18)42-26(30,31)32/h3-8,13,15-16H,1-2,9-12,14H2,(H2,34,36,41). The minimum absolute atomic E-state index is 0.112. The molecule has 0 radical (unpaired) electrons. The van der Waals surface area contributed by atoms with Gasteiger partial charge in [-0.2, -0.15) is 13.2 Å². The van der Waals surface area contributed by atoms with Crippen LogP contribution in [0.1, 0.15) is 29.0 Å². The monoisotopic (exact) mass is 597 g/mol. The van der Waals surface area contributed by atoms with Gasteiger partial charge >= 0.3 is 18.6 Å². The number of hydrogen-bond donors (Lipinski definition) is 2. The normalized spacial score (nSPS) is 15.9. The molecule has 2 aromatic heterocycles. The lowest BCUT2D eigenvalue weighted by Gasteiger charge is -2.35. The van der Waals surface area contributed by atoms with E-state index < -0.39 is 29.9 Å². The van der Waals surface area contributed by atoms with Crippen molar-refractivity contribution >= 4 is 29.3 Å². The minimum Gasteiger partial charge on any atom is -0.406 e. The summed E-state index contributed by atoms with van der Waals surface area (Å²) in [6.07, 6.45) is -4.98. The summed E-state index contributed by atoms with van der Waals surface area (Å²) in [5.41, 5.74) is -0.634. The third kappa shape index (κ3) is 7.41. The second-order valence-corrected chi connectivity index (χ2v) is 9.88. The molecule has 1 aromatic carbocycles. The average Bonchev–Trinajstić information content (AvgIpc) is 3.66. The van der Waals surface area contributed by atoms with Gasteiger partial charge in [0.2, 0.25) is 5.82 Å². The summed E-state index contributed by atoms with van der Waals surface area (Å²) in [6.45, 7) is 1.82. The highest BCUT2D eigenvalue weighted by atomic mass is 19.4. The van der Waals surface area contributed by atoms with E-state index in [0.29, 0.717) is 31.4 Å². The van der Waals surface area contributed by atoms with E-state index in [0.717, 1.165) is 37.2 Å². The van der Waals surface area contributed by atoms with E-state index in [-0.39, 0.29) is 36.3 Å². The molecule has 1 aliphatic carbocycles. The molecule has 1 saturated heterocycles. The molecule has 10 nitrogen and oxygen atoms in total. The number of anilines is 3. The van der Waals surface area contributed by atoms with E-state index in [2.05, 4.69) is 25.3 Å². The van der Waals surface area contributed by atoms with Crippen LogP contribution in [0, 0.1) is 5.92 Å². The highest BCUT2D eigenvalue weighted by molar-refractivity contribution is 6.00. The molecule has 16 heteroatoms. The van der Waals surface area contributed by atoms with E-state index in [1.165, 1.54) is 18.2 Å². The van der Waals surface area contributed by atoms with Crippen LogP contribution in [0.2, 0.25) is 0 Å². The van der Waals surface area contributed by atoms with Crippen LogP contribution in [0.15, 0.2) is 48.8 Å². The minimum atomic E-state index is -4.84. The van der Waals surface area contributed by atoms with Crippen molar-refractivity contribution in [1.82, 2.24) is 19.4 Å². The van der Waals surface area contributed by atoms with Gasteiger partial charge in [-0.3, -0.25) is 10.1 Å². The molecule has 42 heavy (non-hydrogen) atoms. The van der Waals surface area contributed by atoms with Crippen LogP contribution in [0.25, 0.3) is 0 Å². The van der Waals surface area contributed by atoms with Gasteiger partial charge in [0.15, 0.2) is 5.82 Å². The van der Waals surface area contributed by atoms with Crippen molar-refractivity contribution in [1.29, 1.82) is 0 Å². The number of amides is 3. The van der Waals surface area contributed by atoms with Crippen molar-refractivity contribution in [2.24, 2.45) is 5.92 Å². The first-order chi connectivity index (χ1) is 19.8. The summed E-state index contributed by atoms with van der Waals surface area (Å²) in [4.78, 5) is 37.6. The summed E-state index contributed by atoms with van der Waals surface area (Å²) >= 11 is 0. The number of carbonyl (C=O) groups excluding carboxylic acids is 2. The number of piperazine rings is 1. The smallest absolute Gasteiger partial charge is 0.406 e. The number of imidazole rings is 1. The highest BCUT2D eigenvalue weighted by Gasteiger charge is 2.33. The van der Waals surface area contributed by atoms with E-state index >= 15 is 0 Å². The van der Waals surface area contributed by atoms with Crippen LogP contribution in [-0.4, -0.2) is 63.9 Å². The topological polar surface area (TPSA) is 105 Å².